The quantitative estimate of drug-likeness (QED) is 0.759. The maximum Gasteiger partial charge on any atom is 0.258 e. The molecule has 0 fully saturated rings. The first-order valence-corrected chi connectivity index (χ1v) is 7.59. The summed E-state index contributed by atoms with van der Waals surface area (Å²) >= 11 is 0. The molecule has 0 atom stereocenters. The van der Waals surface area contributed by atoms with Crippen LogP contribution < -0.4 is 10.7 Å². The van der Waals surface area contributed by atoms with E-state index in [4.69, 9.17) is 0 Å². The maximum absolute atomic E-state index is 12.1. The van der Waals surface area contributed by atoms with Crippen molar-refractivity contribution in [3.63, 3.8) is 0 Å². The lowest BCUT2D eigenvalue weighted by atomic mass is 10.0. The van der Waals surface area contributed by atoms with Crippen molar-refractivity contribution in [2.45, 2.75) is 0 Å². The SMILES string of the molecule is O=C(CNC(=O)c1ccc(-c2ccccc2)cc1)Nn1cccc1. The van der Waals surface area contributed by atoms with Gasteiger partial charge in [-0.2, -0.15) is 0 Å². The largest absolute Gasteiger partial charge is 0.343 e. The first kappa shape index (κ1) is 15.6. The van der Waals surface area contributed by atoms with Crippen molar-refractivity contribution in [1.29, 1.82) is 0 Å². The fourth-order valence-corrected chi connectivity index (χ4v) is 2.30. The molecule has 2 amide bonds. The fraction of sp³-hybridized carbons (Fsp3) is 0.0526. The number of rotatable bonds is 5. The van der Waals surface area contributed by atoms with Crippen LogP contribution in [0.4, 0.5) is 0 Å². The van der Waals surface area contributed by atoms with Crippen LogP contribution in [-0.2, 0) is 4.79 Å². The number of hydrogen-bond donors (Lipinski definition) is 2. The Morgan fingerprint density at radius 1 is 0.792 bits per heavy atom. The molecule has 0 bridgehead atoms. The molecule has 0 aliphatic rings. The van der Waals surface area contributed by atoms with Crippen LogP contribution in [0.1, 0.15) is 10.4 Å². The van der Waals surface area contributed by atoms with Gasteiger partial charge in [-0.15, -0.1) is 0 Å². The zero-order valence-corrected chi connectivity index (χ0v) is 13.0. The molecule has 0 saturated heterocycles. The molecule has 3 rings (SSSR count). The zero-order chi connectivity index (χ0) is 16.8. The highest BCUT2D eigenvalue weighted by Gasteiger charge is 2.08. The highest BCUT2D eigenvalue weighted by Crippen LogP contribution is 2.19. The van der Waals surface area contributed by atoms with Crippen molar-refractivity contribution in [2.24, 2.45) is 0 Å². The number of nitrogens with one attached hydrogen (secondary N) is 2. The summed E-state index contributed by atoms with van der Waals surface area (Å²) in [7, 11) is 0. The van der Waals surface area contributed by atoms with E-state index < -0.39 is 0 Å². The van der Waals surface area contributed by atoms with Gasteiger partial charge in [0, 0.05) is 18.0 Å². The average Bonchev–Trinajstić information content (AvgIpc) is 3.13. The van der Waals surface area contributed by atoms with E-state index in [-0.39, 0.29) is 18.4 Å². The van der Waals surface area contributed by atoms with Gasteiger partial charge in [-0.05, 0) is 35.4 Å². The Morgan fingerprint density at radius 3 is 2.08 bits per heavy atom. The summed E-state index contributed by atoms with van der Waals surface area (Å²) in [5.74, 6) is -0.572. The molecule has 0 unspecified atom stereocenters. The van der Waals surface area contributed by atoms with Gasteiger partial charge in [0.15, 0.2) is 0 Å². The number of benzene rings is 2. The highest BCUT2D eigenvalue weighted by molar-refractivity contribution is 5.97. The molecular weight excluding hydrogens is 302 g/mol. The number of hydrogen-bond acceptors (Lipinski definition) is 2. The van der Waals surface area contributed by atoms with Gasteiger partial charge >= 0.3 is 0 Å². The Morgan fingerprint density at radius 2 is 1.42 bits per heavy atom. The Kier molecular flexibility index (Phi) is 4.72. The third kappa shape index (κ3) is 3.89. The van der Waals surface area contributed by atoms with Crippen molar-refractivity contribution in [3.05, 3.63) is 84.7 Å². The third-order valence-corrected chi connectivity index (χ3v) is 3.52. The Hall–Kier alpha value is -3.34. The molecule has 0 aliphatic heterocycles. The molecule has 0 spiro atoms. The van der Waals surface area contributed by atoms with Crippen molar-refractivity contribution >= 4 is 11.8 Å². The first-order valence-electron chi connectivity index (χ1n) is 7.59. The van der Waals surface area contributed by atoms with E-state index in [0.29, 0.717) is 5.56 Å². The van der Waals surface area contributed by atoms with Gasteiger partial charge in [-0.3, -0.25) is 19.7 Å². The lowest BCUT2D eigenvalue weighted by Crippen LogP contribution is -2.35. The monoisotopic (exact) mass is 319 g/mol. The Balaban J connectivity index is 1.56. The van der Waals surface area contributed by atoms with E-state index in [1.165, 1.54) is 4.68 Å². The molecular formula is C19H17N3O2. The van der Waals surface area contributed by atoms with E-state index in [2.05, 4.69) is 10.7 Å². The summed E-state index contributed by atoms with van der Waals surface area (Å²) in [4.78, 5) is 23.8. The minimum atomic E-state index is -0.291. The molecule has 0 radical (unpaired) electrons. The lowest BCUT2D eigenvalue weighted by Gasteiger charge is -2.08. The minimum absolute atomic E-state index is 0.0859. The first-order chi connectivity index (χ1) is 11.7. The minimum Gasteiger partial charge on any atom is -0.343 e. The second-order valence-corrected chi connectivity index (χ2v) is 5.25. The second kappa shape index (κ2) is 7.28. The van der Waals surface area contributed by atoms with Crippen LogP contribution in [0.5, 0.6) is 0 Å². The topological polar surface area (TPSA) is 63.1 Å². The molecule has 2 aromatic carbocycles. The summed E-state index contributed by atoms with van der Waals surface area (Å²) in [6.07, 6.45) is 3.42. The van der Waals surface area contributed by atoms with Gasteiger partial charge in [-0.25, -0.2) is 0 Å². The maximum atomic E-state index is 12.1. The average molecular weight is 319 g/mol. The molecule has 24 heavy (non-hydrogen) atoms. The summed E-state index contributed by atoms with van der Waals surface area (Å²) < 4.78 is 1.53. The molecule has 0 aliphatic carbocycles. The summed E-state index contributed by atoms with van der Waals surface area (Å²) in [6.45, 7) is -0.0859. The number of amides is 2. The van der Waals surface area contributed by atoms with Crippen molar-refractivity contribution in [1.82, 2.24) is 9.99 Å². The van der Waals surface area contributed by atoms with Crippen LogP contribution in [0.15, 0.2) is 79.1 Å². The molecule has 1 heterocycles. The van der Waals surface area contributed by atoms with Gasteiger partial charge in [0.25, 0.3) is 11.8 Å². The predicted molar refractivity (Wildman–Crippen MR) is 93.0 cm³/mol. The van der Waals surface area contributed by atoms with Crippen molar-refractivity contribution in [2.75, 3.05) is 12.0 Å². The van der Waals surface area contributed by atoms with E-state index in [1.54, 1.807) is 36.7 Å². The number of aromatic nitrogens is 1. The second-order valence-electron chi connectivity index (χ2n) is 5.25. The molecule has 5 nitrogen and oxygen atoms in total. The molecule has 0 saturated carbocycles. The van der Waals surface area contributed by atoms with E-state index in [1.807, 2.05) is 42.5 Å². The lowest BCUT2D eigenvalue weighted by molar-refractivity contribution is -0.116. The van der Waals surface area contributed by atoms with Crippen molar-refractivity contribution in [3.8, 4) is 11.1 Å². The van der Waals surface area contributed by atoms with Gasteiger partial charge in [0.2, 0.25) is 0 Å². The predicted octanol–water partition coefficient (Wildman–Crippen LogP) is 2.66. The van der Waals surface area contributed by atoms with Crippen LogP contribution in [0.2, 0.25) is 0 Å². The standard InChI is InChI=1S/C19H17N3O2/c23-18(21-22-12-4-5-13-22)14-20-19(24)17-10-8-16(9-11-17)15-6-2-1-3-7-15/h1-13H,14H2,(H,20,24)(H,21,23). The molecule has 3 aromatic rings. The number of carbonyl (C=O) groups is 2. The molecule has 2 N–H and O–H groups in total. The highest BCUT2D eigenvalue weighted by atomic mass is 16.2. The van der Waals surface area contributed by atoms with Crippen LogP contribution in [0, 0.1) is 0 Å². The smallest absolute Gasteiger partial charge is 0.258 e. The van der Waals surface area contributed by atoms with Gasteiger partial charge in [0.1, 0.15) is 0 Å². The van der Waals surface area contributed by atoms with Crippen LogP contribution >= 0.6 is 0 Å². The molecule has 120 valence electrons. The summed E-state index contributed by atoms with van der Waals surface area (Å²) in [6, 6.07) is 20.8. The van der Waals surface area contributed by atoms with Gasteiger partial charge in [0.05, 0.1) is 6.54 Å². The third-order valence-electron chi connectivity index (χ3n) is 3.52. The Bertz CT molecular complexity index is 810. The molecule has 5 heteroatoms. The fourth-order valence-electron chi connectivity index (χ4n) is 2.30. The van der Waals surface area contributed by atoms with Crippen LogP contribution in [0.25, 0.3) is 11.1 Å². The number of carbonyl (C=O) groups excluding carboxylic acids is 2. The van der Waals surface area contributed by atoms with E-state index in [0.717, 1.165) is 11.1 Å². The van der Waals surface area contributed by atoms with E-state index >= 15 is 0 Å². The summed E-state index contributed by atoms with van der Waals surface area (Å²) in [5, 5.41) is 2.61. The van der Waals surface area contributed by atoms with E-state index in [9.17, 15) is 9.59 Å². The zero-order valence-electron chi connectivity index (χ0n) is 13.0. The summed E-state index contributed by atoms with van der Waals surface area (Å²) in [5.41, 5.74) is 5.27. The van der Waals surface area contributed by atoms with Gasteiger partial charge < -0.3 is 5.32 Å². The molecule has 1 aromatic heterocycles. The van der Waals surface area contributed by atoms with Crippen molar-refractivity contribution < 1.29 is 9.59 Å². The van der Waals surface area contributed by atoms with Crippen LogP contribution in [0.3, 0.4) is 0 Å². The van der Waals surface area contributed by atoms with Crippen LogP contribution in [-0.4, -0.2) is 23.0 Å². The normalized spacial score (nSPS) is 10.2. The van der Waals surface area contributed by atoms with Gasteiger partial charge in [-0.1, -0.05) is 42.5 Å². The Labute approximate surface area is 139 Å². The number of nitrogens with zero attached hydrogens (tertiary/aromatic N) is 1.